The predicted molar refractivity (Wildman–Crippen MR) is 128 cm³/mol. The summed E-state index contributed by atoms with van der Waals surface area (Å²) in [5.41, 5.74) is 2.32. The Bertz CT molecular complexity index is 1140. The van der Waals surface area contributed by atoms with Crippen LogP contribution in [0, 0.1) is 29.5 Å². The van der Waals surface area contributed by atoms with Gasteiger partial charge in [-0.05, 0) is 60.7 Å². The summed E-state index contributed by atoms with van der Waals surface area (Å²) in [6, 6.07) is 10.8. The average molecular weight is 467 g/mol. The van der Waals surface area contributed by atoms with Crippen molar-refractivity contribution in [2.24, 2.45) is 5.41 Å². The maximum atomic E-state index is 14.6. The van der Waals surface area contributed by atoms with Crippen molar-refractivity contribution in [3.05, 3.63) is 64.5 Å². The Kier molecular flexibility index (Phi) is 7.27. The van der Waals surface area contributed by atoms with Crippen molar-refractivity contribution in [2.75, 3.05) is 18.4 Å². The van der Waals surface area contributed by atoms with E-state index in [1.165, 1.54) is 23.1 Å². The van der Waals surface area contributed by atoms with E-state index in [-0.39, 0.29) is 17.5 Å². The first-order chi connectivity index (χ1) is 15.9. The molecular formula is C26H31FN4O3. The van der Waals surface area contributed by atoms with Crippen LogP contribution in [-0.4, -0.2) is 52.1 Å². The third-order valence-corrected chi connectivity index (χ3v) is 6.44. The zero-order valence-corrected chi connectivity index (χ0v) is 20.2. The number of carbonyl (C=O) groups is 2. The number of anilines is 1. The number of hydrogen-bond donors (Lipinski definition) is 2. The molecule has 2 unspecified atom stereocenters. The van der Waals surface area contributed by atoms with E-state index in [0.29, 0.717) is 36.4 Å². The molecule has 2 atom stereocenters. The number of piperazine rings is 1. The van der Waals surface area contributed by atoms with Gasteiger partial charge in [0.25, 0.3) is 5.91 Å². The predicted octanol–water partition coefficient (Wildman–Crippen LogP) is 4.86. The van der Waals surface area contributed by atoms with Gasteiger partial charge in [-0.15, -0.1) is 0 Å². The highest BCUT2D eigenvalue weighted by molar-refractivity contribution is 6.04. The molecular weight excluding hydrogens is 435 g/mol. The lowest BCUT2D eigenvalue weighted by Gasteiger charge is -2.49. The number of halogens is 1. The van der Waals surface area contributed by atoms with E-state index in [1.807, 2.05) is 19.9 Å². The molecule has 1 aliphatic heterocycles. The first-order valence-electron chi connectivity index (χ1n) is 11.2. The van der Waals surface area contributed by atoms with Crippen LogP contribution >= 0.6 is 0 Å². The molecule has 1 saturated heterocycles. The Morgan fingerprint density at radius 1 is 1.24 bits per heavy atom. The zero-order valence-electron chi connectivity index (χ0n) is 20.2. The summed E-state index contributed by atoms with van der Waals surface area (Å²) in [4.78, 5) is 28.1. The molecule has 1 aliphatic rings. The molecule has 0 radical (unpaired) electrons. The van der Waals surface area contributed by atoms with E-state index in [1.54, 1.807) is 18.2 Å². The summed E-state index contributed by atoms with van der Waals surface area (Å²) >= 11 is 0. The third kappa shape index (κ3) is 5.54. The molecule has 2 aromatic rings. The maximum absolute atomic E-state index is 14.6. The summed E-state index contributed by atoms with van der Waals surface area (Å²) < 4.78 is 14.6. The van der Waals surface area contributed by atoms with Gasteiger partial charge in [-0.25, -0.2) is 9.18 Å². The van der Waals surface area contributed by atoms with Gasteiger partial charge in [-0.2, -0.15) is 5.26 Å². The standard InChI is InChI=1S/C26H31FN4O3/c1-16-13-30(23(26(3,4)5)15-31(16)25(33)34)14-20-10-21(27)11-22(17(20)2)29-24(32)19-8-6-7-18(9-19)12-28/h6-11,16,23H,13-15H2,1-5H3,(H,29,32)(H,33,34). The van der Waals surface area contributed by atoms with Crippen LogP contribution in [0.25, 0.3) is 0 Å². The molecule has 2 amide bonds. The van der Waals surface area contributed by atoms with E-state index in [0.717, 1.165) is 11.1 Å². The van der Waals surface area contributed by atoms with Crippen LogP contribution < -0.4 is 5.32 Å². The second kappa shape index (κ2) is 9.82. The summed E-state index contributed by atoms with van der Waals surface area (Å²) in [6.45, 7) is 11.2. The molecule has 0 aromatic heterocycles. The van der Waals surface area contributed by atoms with Crippen LogP contribution in [0.4, 0.5) is 14.9 Å². The van der Waals surface area contributed by atoms with Crippen LogP contribution in [0.2, 0.25) is 0 Å². The molecule has 2 aromatic carbocycles. The first-order valence-corrected chi connectivity index (χ1v) is 11.2. The Morgan fingerprint density at radius 2 is 1.94 bits per heavy atom. The highest BCUT2D eigenvalue weighted by Gasteiger charge is 2.40. The molecule has 1 heterocycles. The first kappa shape index (κ1) is 25.2. The van der Waals surface area contributed by atoms with Gasteiger partial charge in [0.2, 0.25) is 0 Å². The zero-order chi connectivity index (χ0) is 25.2. The van der Waals surface area contributed by atoms with E-state index in [9.17, 15) is 19.1 Å². The summed E-state index contributed by atoms with van der Waals surface area (Å²) in [5, 5.41) is 21.5. The lowest BCUT2D eigenvalue weighted by molar-refractivity contribution is -0.00961. The fourth-order valence-corrected chi connectivity index (χ4v) is 4.48. The number of nitriles is 1. The van der Waals surface area contributed by atoms with Gasteiger partial charge in [0.1, 0.15) is 5.82 Å². The molecule has 1 fully saturated rings. The Hall–Kier alpha value is -3.44. The molecule has 0 spiro atoms. The fourth-order valence-electron chi connectivity index (χ4n) is 4.48. The number of nitrogens with one attached hydrogen (secondary N) is 1. The fraction of sp³-hybridized carbons (Fsp3) is 0.423. The van der Waals surface area contributed by atoms with Gasteiger partial charge in [-0.1, -0.05) is 26.8 Å². The van der Waals surface area contributed by atoms with Gasteiger partial charge < -0.3 is 15.3 Å². The number of carbonyl (C=O) groups excluding carboxylic acids is 1. The lowest BCUT2D eigenvalue weighted by Crippen LogP contribution is -2.61. The van der Waals surface area contributed by atoms with Crippen molar-refractivity contribution < 1.29 is 19.1 Å². The molecule has 2 N–H and O–H groups in total. The molecule has 7 nitrogen and oxygen atoms in total. The second-order valence-electron chi connectivity index (χ2n) is 9.98. The van der Waals surface area contributed by atoms with Gasteiger partial charge in [0.15, 0.2) is 0 Å². The van der Waals surface area contributed by atoms with E-state index >= 15 is 0 Å². The van der Waals surface area contributed by atoms with Crippen molar-refractivity contribution in [3.63, 3.8) is 0 Å². The van der Waals surface area contributed by atoms with Gasteiger partial charge >= 0.3 is 6.09 Å². The average Bonchev–Trinajstić information content (AvgIpc) is 2.75. The third-order valence-electron chi connectivity index (χ3n) is 6.44. The number of rotatable bonds is 4. The molecule has 0 saturated carbocycles. The number of nitrogens with zero attached hydrogens (tertiary/aromatic N) is 3. The van der Waals surface area contributed by atoms with Crippen LogP contribution in [0.5, 0.6) is 0 Å². The highest BCUT2D eigenvalue weighted by atomic mass is 19.1. The quantitative estimate of drug-likeness (QED) is 0.671. The molecule has 0 bridgehead atoms. The summed E-state index contributed by atoms with van der Waals surface area (Å²) in [6.07, 6.45) is -0.936. The van der Waals surface area contributed by atoms with Crippen molar-refractivity contribution >= 4 is 17.7 Å². The Morgan fingerprint density at radius 3 is 2.56 bits per heavy atom. The van der Waals surface area contributed by atoms with Crippen LogP contribution in [0.3, 0.4) is 0 Å². The van der Waals surface area contributed by atoms with Crippen LogP contribution in [0.15, 0.2) is 36.4 Å². The maximum Gasteiger partial charge on any atom is 0.407 e. The monoisotopic (exact) mass is 466 g/mol. The van der Waals surface area contributed by atoms with E-state index in [2.05, 4.69) is 31.0 Å². The van der Waals surface area contributed by atoms with Gasteiger partial charge in [0.05, 0.1) is 11.6 Å². The summed E-state index contributed by atoms with van der Waals surface area (Å²) in [7, 11) is 0. The van der Waals surface area contributed by atoms with Gasteiger partial charge in [-0.3, -0.25) is 9.69 Å². The molecule has 180 valence electrons. The smallest absolute Gasteiger partial charge is 0.407 e. The number of benzene rings is 2. The van der Waals surface area contributed by atoms with Crippen molar-refractivity contribution in [3.8, 4) is 6.07 Å². The van der Waals surface area contributed by atoms with Gasteiger partial charge in [0, 0.05) is 43.0 Å². The van der Waals surface area contributed by atoms with Crippen molar-refractivity contribution in [2.45, 2.75) is 53.2 Å². The minimum Gasteiger partial charge on any atom is -0.465 e. The minimum absolute atomic E-state index is 0.0609. The molecule has 0 aliphatic carbocycles. The Balaban J connectivity index is 1.88. The molecule has 3 rings (SSSR count). The highest BCUT2D eigenvalue weighted by Crippen LogP contribution is 2.32. The Labute approximate surface area is 199 Å². The van der Waals surface area contributed by atoms with E-state index in [4.69, 9.17) is 5.26 Å². The van der Waals surface area contributed by atoms with Crippen LogP contribution in [0.1, 0.15) is 54.7 Å². The van der Waals surface area contributed by atoms with E-state index < -0.39 is 17.8 Å². The largest absolute Gasteiger partial charge is 0.465 e. The molecule has 8 heteroatoms. The molecule has 34 heavy (non-hydrogen) atoms. The van der Waals surface area contributed by atoms with Crippen LogP contribution in [-0.2, 0) is 6.54 Å². The number of hydrogen-bond acceptors (Lipinski definition) is 4. The SMILES string of the molecule is Cc1c(CN2CC(C)N(C(=O)O)CC2C(C)(C)C)cc(F)cc1NC(=O)c1cccc(C#N)c1. The lowest BCUT2D eigenvalue weighted by atomic mass is 9.83. The minimum atomic E-state index is -0.936. The second-order valence-corrected chi connectivity index (χ2v) is 9.98. The normalized spacial score (nSPS) is 18.9. The number of amides is 2. The number of carboxylic acid groups (broad SMARTS) is 1. The summed E-state index contributed by atoms with van der Waals surface area (Å²) in [5.74, 6) is -0.890. The topological polar surface area (TPSA) is 96.7 Å². The van der Waals surface area contributed by atoms with Crippen molar-refractivity contribution in [1.29, 1.82) is 5.26 Å². The van der Waals surface area contributed by atoms with Crippen molar-refractivity contribution in [1.82, 2.24) is 9.80 Å².